The van der Waals surface area contributed by atoms with Gasteiger partial charge in [0.2, 0.25) is 0 Å². The van der Waals surface area contributed by atoms with Gasteiger partial charge in [0.25, 0.3) is 0 Å². The SMILES string of the molecule is O=C(O)c1ccc2cc(CNc3ccccn3)ccc2c1. The van der Waals surface area contributed by atoms with Gasteiger partial charge in [-0.15, -0.1) is 0 Å². The second kappa shape index (κ2) is 5.63. The molecule has 0 amide bonds. The van der Waals surface area contributed by atoms with Crippen LogP contribution in [0, 0.1) is 0 Å². The van der Waals surface area contributed by atoms with Gasteiger partial charge >= 0.3 is 5.97 Å². The van der Waals surface area contributed by atoms with Crippen LogP contribution < -0.4 is 5.32 Å². The Bertz CT molecular complexity index is 785. The molecule has 4 nitrogen and oxygen atoms in total. The molecule has 0 aliphatic carbocycles. The number of fused-ring (bicyclic) bond motifs is 1. The molecule has 0 spiro atoms. The highest BCUT2D eigenvalue weighted by atomic mass is 16.4. The van der Waals surface area contributed by atoms with Gasteiger partial charge in [-0.2, -0.15) is 0 Å². The summed E-state index contributed by atoms with van der Waals surface area (Å²) < 4.78 is 0. The van der Waals surface area contributed by atoms with Crippen LogP contribution in [0.15, 0.2) is 60.8 Å². The first-order chi connectivity index (χ1) is 10.2. The number of rotatable bonds is 4. The molecule has 2 N–H and O–H groups in total. The van der Waals surface area contributed by atoms with Crippen LogP contribution in [-0.2, 0) is 6.54 Å². The molecule has 104 valence electrons. The van der Waals surface area contributed by atoms with E-state index in [1.54, 1.807) is 18.3 Å². The van der Waals surface area contributed by atoms with Crippen molar-refractivity contribution in [1.82, 2.24) is 4.98 Å². The number of hydrogen-bond donors (Lipinski definition) is 2. The molecule has 1 aromatic heterocycles. The topological polar surface area (TPSA) is 62.2 Å². The average molecular weight is 278 g/mol. The van der Waals surface area contributed by atoms with Gasteiger partial charge in [-0.25, -0.2) is 9.78 Å². The van der Waals surface area contributed by atoms with E-state index < -0.39 is 5.97 Å². The van der Waals surface area contributed by atoms with Crippen LogP contribution in [0.25, 0.3) is 10.8 Å². The Balaban J connectivity index is 1.81. The Morgan fingerprint density at radius 2 is 1.86 bits per heavy atom. The highest BCUT2D eigenvalue weighted by molar-refractivity contribution is 5.94. The molecule has 0 saturated carbocycles. The molecule has 0 aliphatic rings. The Morgan fingerprint density at radius 3 is 2.62 bits per heavy atom. The van der Waals surface area contributed by atoms with E-state index in [1.165, 1.54) is 0 Å². The Hall–Kier alpha value is -2.88. The van der Waals surface area contributed by atoms with Crippen molar-refractivity contribution in [3.63, 3.8) is 0 Å². The summed E-state index contributed by atoms with van der Waals surface area (Å²) in [4.78, 5) is 15.2. The van der Waals surface area contributed by atoms with Gasteiger partial charge in [0.15, 0.2) is 0 Å². The number of carboxylic acid groups (broad SMARTS) is 1. The molecular formula is C17H14N2O2. The summed E-state index contributed by atoms with van der Waals surface area (Å²) in [6.07, 6.45) is 1.75. The number of anilines is 1. The first kappa shape index (κ1) is 13.1. The second-order valence-corrected chi connectivity index (χ2v) is 4.77. The molecular weight excluding hydrogens is 264 g/mol. The molecule has 2 aromatic carbocycles. The van der Waals surface area contributed by atoms with Crippen molar-refractivity contribution in [3.8, 4) is 0 Å². The molecule has 0 radical (unpaired) electrons. The van der Waals surface area contributed by atoms with Crippen molar-refractivity contribution in [2.45, 2.75) is 6.54 Å². The number of nitrogens with zero attached hydrogens (tertiary/aromatic N) is 1. The lowest BCUT2D eigenvalue weighted by atomic mass is 10.0. The first-order valence-electron chi connectivity index (χ1n) is 6.63. The fraction of sp³-hybridized carbons (Fsp3) is 0.0588. The molecule has 0 atom stereocenters. The number of benzene rings is 2. The lowest BCUT2D eigenvalue weighted by Gasteiger charge is -2.07. The number of carboxylic acids is 1. The van der Waals surface area contributed by atoms with Crippen molar-refractivity contribution in [2.24, 2.45) is 0 Å². The van der Waals surface area contributed by atoms with E-state index in [9.17, 15) is 4.79 Å². The van der Waals surface area contributed by atoms with Crippen molar-refractivity contribution >= 4 is 22.6 Å². The fourth-order valence-electron chi connectivity index (χ4n) is 2.20. The molecule has 0 saturated heterocycles. The molecule has 3 aromatic rings. The average Bonchev–Trinajstić information content (AvgIpc) is 2.53. The lowest BCUT2D eigenvalue weighted by molar-refractivity contribution is 0.0697. The third-order valence-electron chi connectivity index (χ3n) is 3.29. The highest BCUT2D eigenvalue weighted by Crippen LogP contribution is 2.18. The van der Waals surface area contributed by atoms with E-state index in [0.717, 1.165) is 22.2 Å². The summed E-state index contributed by atoms with van der Waals surface area (Å²) in [7, 11) is 0. The molecule has 0 bridgehead atoms. The summed E-state index contributed by atoms with van der Waals surface area (Å²) in [5.41, 5.74) is 1.43. The van der Waals surface area contributed by atoms with E-state index in [0.29, 0.717) is 12.1 Å². The van der Waals surface area contributed by atoms with Crippen molar-refractivity contribution in [2.75, 3.05) is 5.32 Å². The van der Waals surface area contributed by atoms with E-state index in [1.807, 2.05) is 36.4 Å². The zero-order valence-corrected chi connectivity index (χ0v) is 11.3. The highest BCUT2D eigenvalue weighted by Gasteiger charge is 2.04. The van der Waals surface area contributed by atoms with Crippen LogP contribution in [0.2, 0.25) is 0 Å². The summed E-state index contributed by atoms with van der Waals surface area (Å²) in [6, 6.07) is 16.9. The van der Waals surface area contributed by atoms with Gasteiger partial charge in [0.1, 0.15) is 5.82 Å². The molecule has 0 unspecified atom stereocenters. The minimum absolute atomic E-state index is 0.307. The van der Waals surface area contributed by atoms with Gasteiger partial charge in [0, 0.05) is 12.7 Å². The minimum atomic E-state index is -0.905. The third kappa shape index (κ3) is 3.00. The summed E-state index contributed by atoms with van der Waals surface area (Å²) >= 11 is 0. The zero-order chi connectivity index (χ0) is 14.7. The second-order valence-electron chi connectivity index (χ2n) is 4.77. The predicted octanol–water partition coefficient (Wildman–Crippen LogP) is 3.55. The van der Waals surface area contributed by atoms with Gasteiger partial charge in [-0.3, -0.25) is 0 Å². The number of aromatic carboxylic acids is 1. The quantitative estimate of drug-likeness (QED) is 0.766. The van der Waals surface area contributed by atoms with Crippen molar-refractivity contribution in [1.29, 1.82) is 0 Å². The number of pyridine rings is 1. The van der Waals surface area contributed by atoms with Crippen LogP contribution in [0.4, 0.5) is 5.82 Å². The lowest BCUT2D eigenvalue weighted by Crippen LogP contribution is -2.01. The Labute approximate surface area is 122 Å². The first-order valence-corrected chi connectivity index (χ1v) is 6.63. The summed E-state index contributed by atoms with van der Waals surface area (Å²) in [5, 5.41) is 14.2. The van der Waals surface area contributed by atoms with E-state index in [-0.39, 0.29) is 0 Å². The Morgan fingerprint density at radius 1 is 1.05 bits per heavy atom. The normalized spacial score (nSPS) is 10.5. The van der Waals surface area contributed by atoms with Gasteiger partial charge < -0.3 is 10.4 Å². The number of nitrogens with one attached hydrogen (secondary N) is 1. The zero-order valence-electron chi connectivity index (χ0n) is 11.3. The maximum atomic E-state index is 11.0. The molecule has 4 heteroatoms. The largest absolute Gasteiger partial charge is 0.478 e. The maximum Gasteiger partial charge on any atom is 0.335 e. The number of carbonyl (C=O) groups is 1. The Kier molecular flexibility index (Phi) is 3.51. The van der Waals surface area contributed by atoms with Crippen LogP contribution >= 0.6 is 0 Å². The predicted molar refractivity (Wildman–Crippen MR) is 82.5 cm³/mol. The van der Waals surface area contributed by atoms with Crippen LogP contribution in [0.5, 0.6) is 0 Å². The summed E-state index contributed by atoms with van der Waals surface area (Å²) in [6.45, 7) is 0.674. The number of hydrogen-bond acceptors (Lipinski definition) is 3. The third-order valence-corrected chi connectivity index (χ3v) is 3.29. The smallest absolute Gasteiger partial charge is 0.335 e. The molecule has 3 rings (SSSR count). The number of aromatic nitrogens is 1. The van der Waals surface area contributed by atoms with Crippen molar-refractivity contribution in [3.05, 3.63) is 71.9 Å². The van der Waals surface area contributed by atoms with Crippen LogP contribution in [0.1, 0.15) is 15.9 Å². The minimum Gasteiger partial charge on any atom is -0.478 e. The van der Waals surface area contributed by atoms with Crippen molar-refractivity contribution < 1.29 is 9.90 Å². The molecule has 0 aliphatic heterocycles. The summed E-state index contributed by atoms with van der Waals surface area (Å²) in [5.74, 6) is -0.0726. The van der Waals surface area contributed by atoms with Gasteiger partial charge in [0.05, 0.1) is 5.56 Å². The molecule has 0 fully saturated rings. The maximum absolute atomic E-state index is 11.0. The van der Waals surface area contributed by atoms with Crippen LogP contribution in [-0.4, -0.2) is 16.1 Å². The molecule has 21 heavy (non-hydrogen) atoms. The monoisotopic (exact) mass is 278 g/mol. The van der Waals surface area contributed by atoms with E-state index in [2.05, 4.69) is 16.4 Å². The fourth-order valence-corrected chi connectivity index (χ4v) is 2.20. The van der Waals surface area contributed by atoms with E-state index in [4.69, 9.17) is 5.11 Å². The van der Waals surface area contributed by atoms with E-state index >= 15 is 0 Å². The van der Waals surface area contributed by atoms with Gasteiger partial charge in [-0.05, 0) is 46.7 Å². The van der Waals surface area contributed by atoms with Gasteiger partial charge in [-0.1, -0.05) is 24.3 Å². The van der Waals surface area contributed by atoms with Crippen LogP contribution in [0.3, 0.4) is 0 Å². The standard InChI is InChI=1S/C17H14N2O2/c20-17(21)15-7-6-13-9-12(4-5-14(13)10-15)11-19-16-3-1-2-8-18-16/h1-10H,11H2,(H,18,19)(H,20,21). The molecule has 1 heterocycles.